The number of halogens is 1. The predicted molar refractivity (Wildman–Crippen MR) is 110 cm³/mol. The number of esters is 1. The Kier molecular flexibility index (Phi) is 6.25. The number of aromatic nitrogens is 2. The second-order valence-corrected chi connectivity index (χ2v) is 6.91. The zero-order chi connectivity index (χ0) is 21.8. The number of fused-ring (bicyclic) bond motifs is 1. The van der Waals surface area contributed by atoms with Gasteiger partial charge in [0.1, 0.15) is 11.5 Å². The molecule has 0 N–H and O–H groups in total. The molecule has 30 heavy (non-hydrogen) atoms. The molecule has 8 heteroatoms. The molecule has 0 atom stereocenters. The summed E-state index contributed by atoms with van der Waals surface area (Å²) in [7, 11) is 1.55. The van der Waals surface area contributed by atoms with Crippen molar-refractivity contribution in [2.24, 2.45) is 0 Å². The van der Waals surface area contributed by atoms with Gasteiger partial charge in [0.2, 0.25) is 0 Å². The van der Waals surface area contributed by atoms with Gasteiger partial charge in [0, 0.05) is 20.1 Å². The van der Waals surface area contributed by atoms with Crippen molar-refractivity contribution in [3.05, 3.63) is 75.5 Å². The van der Waals surface area contributed by atoms with Crippen molar-refractivity contribution >= 4 is 22.9 Å². The lowest BCUT2D eigenvalue weighted by Crippen LogP contribution is -2.30. The van der Waals surface area contributed by atoms with Gasteiger partial charge in [-0.15, -0.1) is 0 Å². The van der Waals surface area contributed by atoms with Gasteiger partial charge in [0.05, 0.1) is 16.6 Å². The number of hydrogen-bond acceptors (Lipinski definition) is 5. The smallest absolute Gasteiger partial charge is 0.338 e. The Balaban J connectivity index is 1.68. The van der Waals surface area contributed by atoms with Crippen LogP contribution < -0.4 is 5.56 Å². The van der Waals surface area contributed by atoms with Gasteiger partial charge >= 0.3 is 5.97 Å². The molecule has 1 aromatic heterocycles. The number of aryl methyl sites for hydroxylation is 2. The van der Waals surface area contributed by atoms with Crippen LogP contribution in [0.3, 0.4) is 0 Å². The normalized spacial score (nSPS) is 10.8. The Bertz CT molecular complexity index is 1170. The van der Waals surface area contributed by atoms with E-state index in [0.29, 0.717) is 28.8 Å². The van der Waals surface area contributed by atoms with Gasteiger partial charge < -0.3 is 14.2 Å². The Hall–Kier alpha value is -3.55. The highest BCUT2D eigenvalue weighted by molar-refractivity contribution is 5.94. The maximum Gasteiger partial charge on any atom is 0.338 e. The molecule has 3 aromatic rings. The molecule has 0 aliphatic carbocycles. The number of nitrogens with zero attached hydrogens (tertiary/aromatic N) is 3. The Labute approximate surface area is 172 Å². The van der Waals surface area contributed by atoms with Gasteiger partial charge in [-0.3, -0.25) is 9.59 Å². The standard InChI is InChI=1S/C22H22FN3O4/c1-4-26-19-9-8-16(11-18(19)24-14(2)21(26)28)22(29)30-13-20(27)25(3)12-15-6-5-7-17(23)10-15/h5-11H,4,12-13H2,1-3H3. The van der Waals surface area contributed by atoms with Crippen LogP contribution in [0.2, 0.25) is 0 Å². The SMILES string of the molecule is CCn1c(=O)c(C)nc2cc(C(=O)OCC(=O)N(C)Cc3cccc(F)c3)ccc21. The summed E-state index contributed by atoms with van der Waals surface area (Å²) in [4.78, 5) is 42.4. The van der Waals surface area contributed by atoms with Gasteiger partial charge in [-0.25, -0.2) is 14.2 Å². The van der Waals surface area contributed by atoms with Crippen LogP contribution in [0.25, 0.3) is 11.0 Å². The molecule has 0 saturated carbocycles. The zero-order valence-corrected chi connectivity index (χ0v) is 17.0. The lowest BCUT2D eigenvalue weighted by Gasteiger charge is -2.17. The number of rotatable bonds is 6. The van der Waals surface area contributed by atoms with Crippen LogP contribution >= 0.6 is 0 Å². The van der Waals surface area contributed by atoms with Gasteiger partial charge in [0.25, 0.3) is 11.5 Å². The molecule has 1 amide bonds. The molecule has 0 bridgehead atoms. The fourth-order valence-corrected chi connectivity index (χ4v) is 3.13. The van der Waals surface area contributed by atoms with Crippen LogP contribution in [0.5, 0.6) is 0 Å². The number of ether oxygens (including phenoxy) is 1. The first-order valence-corrected chi connectivity index (χ1v) is 9.47. The maximum absolute atomic E-state index is 13.3. The van der Waals surface area contributed by atoms with Crippen LogP contribution in [-0.2, 0) is 22.6 Å². The van der Waals surface area contributed by atoms with E-state index >= 15 is 0 Å². The fourth-order valence-electron chi connectivity index (χ4n) is 3.13. The second-order valence-electron chi connectivity index (χ2n) is 6.91. The average molecular weight is 411 g/mol. The topological polar surface area (TPSA) is 81.5 Å². The van der Waals surface area contributed by atoms with E-state index in [0.717, 1.165) is 0 Å². The molecule has 3 rings (SSSR count). The van der Waals surface area contributed by atoms with E-state index in [1.807, 2.05) is 6.92 Å². The largest absolute Gasteiger partial charge is 0.452 e. The quantitative estimate of drug-likeness (QED) is 0.583. The third kappa shape index (κ3) is 4.53. The average Bonchev–Trinajstić information content (AvgIpc) is 2.72. The van der Waals surface area contributed by atoms with E-state index in [2.05, 4.69) is 4.98 Å². The first kappa shape index (κ1) is 21.2. The molecule has 0 saturated heterocycles. The summed E-state index contributed by atoms with van der Waals surface area (Å²) in [6.45, 7) is 3.71. The molecular weight excluding hydrogens is 389 g/mol. The van der Waals surface area contributed by atoms with Gasteiger partial charge in [0.15, 0.2) is 6.61 Å². The Morgan fingerprint density at radius 3 is 2.67 bits per heavy atom. The van der Waals surface area contributed by atoms with Crippen molar-refractivity contribution < 1.29 is 18.7 Å². The van der Waals surface area contributed by atoms with Crippen molar-refractivity contribution in [3.63, 3.8) is 0 Å². The molecule has 156 valence electrons. The molecule has 0 spiro atoms. The fraction of sp³-hybridized carbons (Fsp3) is 0.273. The summed E-state index contributed by atoms with van der Waals surface area (Å²) in [5, 5.41) is 0. The van der Waals surface area contributed by atoms with Crippen molar-refractivity contribution in [2.75, 3.05) is 13.7 Å². The molecule has 7 nitrogen and oxygen atoms in total. The van der Waals surface area contributed by atoms with Crippen LogP contribution in [-0.4, -0.2) is 40.0 Å². The van der Waals surface area contributed by atoms with Gasteiger partial charge in [-0.2, -0.15) is 0 Å². The second kappa shape index (κ2) is 8.86. The molecule has 0 unspecified atom stereocenters. The molecule has 0 fully saturated rings. The van der Waals surface area contributed by atoms with E-state index in [9.17, 15) is 18.8 Å². The van der Waals surface area contributed by atoms with E-state index in [4.69, 9.17) is 4.74 Å². The highest BCUT2D eigenvalue weighted by atomic mass is 19.1. The molecule has 0 radical (unpaired) electrons. The van der Waals surface area contributed by atoms with Crippen molar-refractivity contribution in [1.82, 2.24) is 14.5 Å². The monoisotopic (exact) mass is 411 g/mol. The van der Waals surface area contributed by atoms with Crippen LogP contribution in [0.1, 0.15) is 28.5 Å². The first-order chi connectivity index (χ1) is 14.3. The highest BCUT2D eigenvalue weighted by Gasteiger charge is 2.16. The third-order valence-corrected chi connectivity index (χ3v) is 4.72. The summed E-state index contributed by atoms with van der Waals surface area (Å²) >= 11 is 0. The number of carbonyl (C=O) groups excluding carboxylic acids is 2. The zero-order valence-electron chi connectivity index (χ0n) is 17.0. The molecular formula is C22H22FN3O4. The number of amides is 1. The minimum absolute atomic E-state index is 0.174. The predicted octanol–water partition coefficient (Wildman–Crippen LogP) is 2.68. The van der Waals surface area contributed by atoms with Gasteiger partial charge in [-0.05, 0) is 49.7 Å². The minimum Gasteiger partial charge on any atom is -0.452 e. The Morgan fingerprint density at radius 1 is 1.20 bits per heavy atom. The van der Waals surface area contributed by atoms with E-state index in [-0.39, 0.29) is 23.5 Å². The van der Waals surface area contributed by atoms with Crippen LogP contribution in [0.4, 0.5) is 4.39 Å². The van der Waals surface area contributed by atoms with Gasteiger partial charge in [-0.1, -0.05) is 12.1 Å². The molecule has 2 aromatic carbocycles. The van der Waals surface area contributed by atoms with E-state index in [1.165, 1.54) is 29.2 Å². The Morgan fingerprint density at radius 2 is 1.97 bits per heavy atom. The summed E-state index contributed by atoms with van der Waals surface area (Å²) in [5.74, 6) is -1.46. The summed E-state index contributed by atoms with van der Waals surface area (Å²) in [6.07, 6.45) is 0. The number of likely N-dealkylation sites (N-methyl/N-ethyl adjacent to an activating group) is 1. The maximum atomic E-state index is 13.3. The lowest BCUT2D eigenvalue weighted by atomic mass is 10.2. The van der Waals surface area contributed by atoms with Crippen LogP contribution in [0, 0.1) is 12.7 Å². The molecule has 1 heterocycles. The summed E-state index contributed by atoms with van der Waals surface area (Å²) in [6, 6.07) is 10.7. The number of benzene rings is 2. The minimum atomic E-state index is -0.668. The lowest BCUT2D eigenvalue weighted by molar-refractivity contribution is -0.133. The molecule has 0 aliphatic rings. The molecule has 0 aliphatic heterocycles. The number of hydrogen-bond donors (Lipinski definition) is 0. The van der Waals surface area contributed by atoms with Crippen LogP contribution in [0.15, 0.2) is 47.3 Å². The first-order valence-electron chi connectivity index (χ1n) is 9.47. The van der Waals surface area contributed by atoms with Crippen molar-refractivity contribution in [2.45, 2.75) is 26.9 Å². The highest BCUT2D eigenvalue weighted by Crippen LogP contribution is 2.14. The van der Waals surface area contributed by atoms with E-state index < -0.39 is 18.5 Å². The number of carbonyl (C=O) groups is 2. The summed E-state index contributed by atoms with van der Waals surface area (Å²) in [5.41, 5.74) is 2.15. The third-order valence-electron chi connectivity index (χ3n) is 4.72. The van der Waals surface area contributed by atoms with Crippen molar-refractivity contribution in [1.29, 1.82) is 0 Å². The van der Waals surface area contributed by atoms with Crippen molar-refractivity contribution in [3.8, 4) is 0 Å². The summed E-state index contributed by atoms with van der Waals surface area (Å²) < 4.78 is 20.0. The van der Waals surface area contributed by atoms with E-state index in [1.54, 1.807) is 36.7 Å².